The van der Waals surface area contributed by atoms with Crippen molar-refractivity contribution in [3.63, 3.8) is 0 Å². The van der Waals surface area contributed by atoms with Gasteiger partial charge in [-0.05, 0) is 29.8 Å². The third kappa shape index (κ3) is 5.87. The zero-order valence-electron chi connectivity index (χ0n) is 23.5. The summed E-state index contributed by atoms with van der Waals surface area (Å²) < 4.78 is 25.1. The van der Waals surface area contributed by atoms with Crippen molar-refractivity contribution in [1.29, 1.82) is 0 Å². The zero-order valence-corrected chi connectivity index (χ0v) is 23.5. The smallest absolute Gasteiger partial charge is 0.247 e. The Kier molecular flexibility index (Phi) is 8.17. The second-order valence-electron chi connectivity index (χ2n) is 10.4. The Labute approximate surface area is 243 Å². The van der Waals surface area contributed by atoms with Gasteiger partial charge < -0.3 is 25.0 Å². The minimum absolute atomic E-state index is 0.185. The van der Waals surface area contributed by atoms with E-state index in [1.54, 1.807) is 24.3 Å². The summed E-state index contributed by atoms with van der Waals surface area (Å²) in [5, 5.41) is 7.96. The monoisotopic (exact) mass is 575 g/mol. The molecule has 4 heterocycles. The van der Waals surface area contributed by atoms with Crippen molar-refractivity contribution in [3.8, 4) is 5.75 Å². The largest absolute Gasteiger partial charge is 0.494 e. The standard InChI is InChI=1S/C30H34FN7O4/c1-3-30(39)35-23-14-24(27(40-2)15-26(23)37-10-8-36(9-11-37)22-17-41-18-22)34-28-16-29(33-19-32-28)38-25(7-12-42-38)20-5-4-6-21(31)13-20/h3-6,13-16,19,22,25H,1,7-12,17-18H2,2H3,(H,35,39)(H,32,33,34). The number of amides is 1. The van der Waals surface area contributed by atoms with Crippen LogP contribution in [0.4, 0.5) is 33.1 Å². The lowest BCUT2D eigenvalue weighted by atomic mass is 10.0. The Hall–Kier alpha value is -4.26. The van der Waals surface area contributed by atoms with Gasteiger partial charge in [-0.2, -0.15) is 0 Å². The Morgan fingerprint density at radius 3 is 2.67 bits per heavy atom. The number of ether oxygens (including phenoxy) is 2. The molecule has 0 bridgehead atoms. The number of anilines is 5. The zero-order chi connectivity index (χ0) is 29.1. The number of piperazine rings is 1. The van der Waals surface area contributed by atoms with E-state index in [1.165, 1.54) is 24.5 Å². The van der Waals surface area contributed by atoms with Crippen LogP contribution in [0.15, 0.2) is 61.4 Å². The number of rotatable bonds is 9. The van der Waals surface area contributed by atoms with E-state index in [0.717, 1.165) is 50.6 Å². The van der Waals surface area contributed by atoms with E-state index in [1.807, 2.05) is 18.2 Å². The highest BCUT2D eigenvalue weighted by Crippen LogP contribution is 2.40. The predicted octanol–water partition coefficient (Wildman–Crippen LogP) is 3.90. The van der Waals surface area contributed by atoms with Gasteiger partial charge in [-0.1, -0.05) is 18.7 Å². The van der Waals surface area contributed by atoms with Crippen LogP contribution >= 0.6 is 0 Å². The maximum absolute atomic E-state index is 13.9. The van der Waals surface area contributed by atoms with E-state index in [4.69, 9.17) is 14.3 Å². The molecule has 42 heavy (non-hydrogen) atoms. The van der Waals surface area contributed by atoms with E-state index in [-0.39, 0.29) is 17.8 Å². The number of hydrogen-bond acceptors (Lipinski definition) is 10. The van der Waals surface area contributed by atoms with Crippen molar-refractivity contribution in [3.05, 3.63) is 72.8 Å². The number of nitrogens with one attached hydrogen (secondary N) is 2. The molecule has 3 aliphatic rings. The number of carbonyl (C=O) groups is 1. The fourth-order valence-electron chi connectivity index (χ4n) is 5.53. The molecule has 2 aromatic carbocycles. The summed E-state index contributed by atoms with van der Waals surface area (Å²) in [6, 6.07) is 12.3. The molecule has 3 saturated heterocycles. The molecule has 0 saturated carbocycles. The second kappa shape index (κ2) is 12.3. The van der Waals surface area contributed by atoms with Gasteiger partial charge in [0.15, 0.2) is 5.82 Å². The molecule has 11 nitrogen and oxygen atoms in total. The van der Waals surface area contributed by atoms with E-state index in [0.29, 0.717) is 47.8 Å². The minimum Gasteiger partial charge on any atom is -0.494 e. The first kappa shape index (κ1) is 27.9. The lowest BCUT2D eigenvalue weighted by Crippen LogP contribution is -2.56. The van der Waals surface area contributed by atoms with Gasteiger partial charge in [-0.25, -0.2) is 19.4 Å². The third-order valence-electron chi connectivity index (χ3n) is 7.83. The van der Waals surface area contributed by atoms with Crippen LogP contribution in [0.3, 0.4) is 0 Å². The summed E-state index contributed by atoms with van der Waals surface area (Å²) in [7, 11) is 1.61. The number of hydrogen-bond donors (Lipinski definition) is 2. The number of benzene rings is 2. The number of hydroxylamine groups is 1. The van der Waals surface area contributed by atoms with Gasteiger partial charge in [0.25, 0.3) is 0 Å². The number of nitrogens with zero attached hydrogens (tertiary/aromatic N) is 5. The van der Waals surface area contributed by atoms with Gasteiger partial charge in [-0.15, -0.1) is 0 Å². The van der Waals surface area contributed by atoms with Crippen LogP contribution in [0.1, 0.15) is 18.0 Å². The molecule has 0 spiro atoms. The van der Waals surface area contributed by atoms with Crippen LogP contribution in [0.2, 0.25) is 0 Å². The quantitative estimate of drug-likeness (QED) is 0.365. The first-order valence-corrected chi connectivity index (χ1v) is 14.0. The summed E-state index contributed by atoms with van der Waals surface area (Å²) in [6.45, 7) is 9.09. The minimum atomic E-state index is -0.309. The van der Waals surface area contributed by atoms with E-state index in [9.17, 15) is 9.18 Å². The maximum atomic E-state index is 13.9. The molecule has 12 heteroatoms. The second-order valence-corrected chi connectivity index (χ2v) is 10.4. The first-order valence-electron chi connectivity index (χ1n) is 14.0. The van der Waals surface area contributed by atoms with Crippen molar-refractivity contribution < 1.29 is 23.5 Å². The lowest BCUT2D eigenvalue weighted by molar-refractivity contribution is -0.111. The topological polar surface area (TPSA) is 104 Å². The van der Waals surface area contributed by atoms with Crippen LogP contribution in [-0.4, -0.2) is 79.9 Å². The average Bonchev–Trinajstić information content (AvgIpc) is 3.47. The normalized spacial score (nSPS) is 19.3. The van der Waals surface area contributed by atoms with Crippen LogP contribution in [0.5, 0.6) is 5.75 Å². The molecule has 0 radical (unpaired) electrons. The Morgan fingerprint density at radius 2 is 1.95 bits per heavy atom. The fourth-order valence-corrected chi connectivity index (χ4v) is 5.53. The van der Waals surface area contributed by atoms with E-state index < -0.39 is 0 Å². The molecular weight excluding hydrogens is 541 g/mol. The average molecular weight is 576 g/mol. The maximum Gasteiger partial charge on any atom is 0.247 e. The Balaban J connectivity index is 1.25. The number of methoxy groups -OCH3 is 1. The van der Waals surface area contributed by atoms with Crippen molar-refractivity contribution in [2.24, 2.45) is 0 Å². The molecule has 3 fully saturated rings. The number of aromatic nitrogens is 2. The summed E-state index contributed by atoms with van der Waals surface area (Å²) >= 11 is 0. The predicted molar refractivity (Wildman–Crippen MR) is 158 cm³/mol. The molecule has 6 rings (SSSR count). The van der Waals surface area contributed by atoms with Gasteiger partial charge in [0, 0.05) is 44.7 Å². The van der Waals surface area contributed by atoms with Crippen LogP contribution < -0.4 is 25.3 Å². The molecular formula is C30H34FN7O4. The molecule has 1 amide bonds. The molecule has 3 aromatic rings. The van der Waals surface area contributed by atoms with Crippen molar-refractivity contribution in [1.82, 2.24) is 14.9 Å². The number of halogens is 1. The highest BCUT2D eigenvalue weighted by Gasteiger charge is 2.31. The highest BCUT2D eigenvalue weighted by molar-refractivity contribution is 6.02. The third-order valence-corrected chi connectivity index (χ3v) is 7.83. The molecule has 1 atom stereocenters. The van der Waals surface area contributed by atoms with E-state index in [2.05, 4.69) is 37.0 Å². The summed E-state index contributed by atoms with van der Waals surface area (Å²) in [4.78, 5) is 31.8. The molecule has 2 N–H and O–H groups in total. The van der Waals surface area contributed by atoms with Gasteiger partial charge in [0.1, 0.15) is 23.7 Å². The first-order chi connectivity index (χ1) is 20.5. The molecule has 3 aliphatic heterocycles. The highest BCUT2D eigenvalue weighted by atomic mass is 19.1. The number of carbonyl (C=O) groups excluding carboxylic acids is 1. The summed E-state index contributed by atoms with van der Waals surface area (Å²) in [6.07, 6.45) is 3.38. The van der Waals surface area contributed by atoms with Crippen LogP contribution in [0, 0.1) is 5.82 Å². The molecule has 1 aromatic heterocycles. The molecule has 1 unspecified atom stereocenters. The summed E-state index contributed by atoms with van der Waals surface area (Å²) in [5.74, 6) is 1.01. The van der Waals surface area contributed by atoms with Gasteiger partial charge in [0.2, 0.25) is 5.91 Å². The van der Waals surface area contributed by atoms with Crippen LogP contribution in [0.25, 0.3) is 0 Å². The molecule has 220 valence electrons. The SMILES string of the molecule is C=CC(=O)Nc1cc(Nc2cc(N3OCCC3c3cccc(F)c3)ncn2)c(OC)cc1N1CCN(C2COC2)CC1. The van der Waals surface area contributed by atoms with Crippen LogP contribution in [-0.2, 0) is 14.4 Å². The van der Waals surface area contributed by atoms with E-state index >= 15 is 0 Å². The van der Waals surface area contributed by atoms with Gasteiger partial charge in [0.05, 0.1) is 56.1 Å². The Bertz CT molecular complexity index is 1440. The summed E-state index contributed by atoms with van der Waals surface area (Å²) in [5.41, 5.74) is 2.91. The fraction of sp³-hybridized carbons (Fsp3) is 0.367. The lowest BCUT2D eigenvalue weighted by Gasteiger charge is -2.43. The van der Waals surface area contributed by atoms with Gasteiger partial charge in [-0.3, -0.25) is 14.5 Å². The Morgan fingerprint density at radius 1 is 1.12 bits per heavy atom. The molecule has 0 aliphatic carbocycles. The van der Waals surface area contributed by atoms with Gasteiger partial charge >= 0.3 is 0 Å². The van der Waals surface area contributed by atoms with Crippen molar-refractivity contribution in [2.45, 2.75) is 18.5 Å². The van der Waals surface area contributed by atoms with Crippen molar-refractivity contribution in [2.75, 3.05) is 73.7 Å². The van der Waals surface area contributed by atoms with Crippen molar-refractivity contribution >= 4 is 34.6 Å².